The lowest BCUT2D eigenvalue weighted by molar-refractivity contribution is 0.0827. The molecule has 1 atom stereocenters. The van der Waals surface area contributed by atoms with Gasteiger partial charge in [-0.2, -0.15) is 0 Å². The van der Waals surface area contributed by atoms with Gasteiger partial charge in [0.25, 0.3) is 5.91 Å². The van der Waals surface area contributed by atoms with Gasteiger partial charge in [-0.3, -0.25) is 19.7 Å². The summed E-state index contributed by atoms with van der Waals surface area (Å²) in [6, 6.07) is 3.99. The van der Waals surface area contributed by atoms with Crippen LogP contribution in [0.1, 0.15) is 65.5 Å². The summed E-state index contributed by atoms with van der Waals surface area (Å²) in [7, 11) is 7.14. The number of nitrogens with zero attached hydrogens (tertiary/aromatic N) is 4. The van der Waals surface area contributed by atoms with Gasteiger partial charge in [0.15, 0.2) is 0 Å². The molecule has 216 valence electrons. The molecule has 2 N–H and O–H groups in total. The smallest absolute Gasteiger partial charge is 0.254 e. The molecule has 2 aromatic heterocycles. The molecule has 3 rings (SSSR count). The number of ether oxygens (including phenoxy) is 1. The van der Waals surface area contributed by atoms with Crippen LogP contribution in [0.5, 0.6) is 0 Å². The highest BCUT2D eigenvalue weighted by Gasteiger charge is 2.24. The number of allylic oxidation sites excluding steroid dienone is 1. The number of hydrogen-bond acceptors (Lipinski definition) is 7. The molecule has 0 aromatic carbocycles. The van der Waals surface area contributed by atoms with Gasteiger partial charge >= 0.3 is 0 Å². The van der Waals surface area contributed by atoms with Crippen LogP contribution in [0.3, 0.4) is 0 Å². The Balaban J connectivity index is 1.63. The predicted octanol–water partition coefficient (Wildman–Crippen LogP) is 5.14. The number of nitrogens with one attached hydrogen (secondary N) is 2. The molecule has 0 saturated carbocycles. The largest absolute Gasteiger partial charge is 0.388 e. The van der Waals surface area contributed by atoms with Crippen molar-refractivity contribution in [2.45, 2.75) is 52.6 Å². The van der Waals surface area contributed by atoms with E-state index in [2.05, 4.69) is 40.4 Å². The van der Waals surface area contributed by atoms with E-state index in [0.29, 0.717) is 11.5 Å². The van der Waals surface area contributed by atoms with Crippen molar-refractivity contribution >= 4 is 17.7 Å². The first kappa shape index (κ1) is 31.0. The van der Waals surface area contributed by atoms with E-state index in [9.17, 15) is 4.79 Å². The molecule has 1 amide bonds. The van der Waals surface area contributed by atoms with Crippen molar-refractivity contribution in [1.82, 2.24) is 25.1 Å². The number of methoxy groups -OCH3 is 1. The summed E-state index contributed by atoms with van der Waals surface area (Å²) in [6.45, 7) is 11.3. The molecule has 1 saturated heterocycles. The van der Waals surface area contributed by atoms with Gasteiger partial charge in [0, 0.05) is 87.6 Å². The Morgan fingerprint density at radius 3 is 2.60 bits per heavy atom. The first-order valence-electron chi connectivity index (χ1n) is 14.0. The van der Waals surface area contributed by atoms with E-state index in [1.165, 1.54) is 5.57 Å². The van der Waals surface area contributed by atoms with E-state index < -0.39 is 0 Å². The van der Waals surface area contributed by atoms with Crippen LogP contribution in [0.2, 0.25) is 0 Å². The topological polar surface area (TPSA) is 82.6 Å². The number of aromatic nitrogens is 2. The third-order valence-corrected chi connectivity index (χ3v) is 7.38. The minimum atomic E-state index is -0.00581. The maximum atomic E-state index is 12.3. The molecule has 1 aliphatic heterocycles. The van der Waals surface area contributed by atoms with Gasteiger partial charge in [0.1, 0.15) is 0 Å². The van der Waals surface area contributed by atoms with Gasteiger partial charge in [-0.15, -0.1) is 0 Å². The van der Waals surface area contributed by atoms with Gasteiger partial charge in [-0.1, -0.05) is 11.6 Å². The lowest BCUT2D eigenvalue weighted by atomic mass is 9.90. The molecule has 40 heavy (non-hydrogen) atoms. The molecular weight excluding hydrogens is 500 g/mol. The summed E-state index contributed by atoms with van der Waals surface area (Å²) in [5.74, 6) is 0.421. The third-order valence-electron chi connectivity index (χ3n) is 7.38. The SMILES string of the molecule is CNC(/C=C\Nc1ccnc(C)c1/C=C(\C)CN1CCC(c2ncc(C(=O)N(C)C)cc2C)CC1)=C/C(C)OC. The van der Waals surface area contributed by atoms with Gasteiger partial charge in [-0.05, 0) is 83.5 Å². The molecule has 8 nitrogen and oxygen atoms in total. The number of anilines is 1. The third kappa shape index (κ3) is 8.50. The summed E-state index contributed by atoms with van der Waals surface area (Å²) in [5.41, 5.74) is 8.28. The quantitative estimate of drug-likeness (QED) is 0.378. The lowest BCUT2D eigenvalue weighted by Crippen LogP contribution is -2.34. The molecule has 3 heterocycles. The van der Waals surface area contributed by atoms with Crippen molar-refractivity contribution < 1.29 is 9.53 Å². The Morgan fingerprint density at radius 1 is 1.25 bits per heavy atom. The zero-order chi connectivity index (χ0) is 29.2. The predicted molar refractivity (Wildman–Crippen MR) is 164 cm³/mol. The Morgan fingerprint density at radius 2 is 1.98 bits per heavy atom. The number of carbonyl (C=O) groups excluding carboxylic acids is 1. The highest BCUT2D eigenvalue weighted by atomic mass is 16.5. The van der Waals surface area contributed by atoms with Gasteiger partial charge in [-0.25, -0.2) is 0 Å². The molecule has 1 fully saturated rings. The Hall–Kier alpha value is -3.49. The zero-order valence-corrected chi connectivity index (χ0v) is 25.4. The van der Waals surface area contributed by atoms with E-state index in [0.717, 1.165) is 66.4 Å². The Bertz CT molecular complexity index is 1240. The summed E-state index contributed by atoms with van der Waals surface area (Å²) in [4.78, 5) is 25.7. The van der Waals surface area contributed by atoms with Crippen molar-refractivity contribution in [3.8, 4) is 0 Å². The Labute approximate surface area is 240 Å². The van der Waals surface area contributed by atoms with Crippen LogP contribution in [0, 0.1) is 13.8 Å². The van der Waals surface area contributed by atoms with Crippen LogP contribution in [0.4, 0.5) is 5.69 Å². The van der Waals surface area contributed by atoms with Crippen molar-refractivity contribution in [2.75, 3.05) is 53.2 Å². The number of carbonyl (C=O) groups is 1. The zero-order valence-electron chi connectivity index (χ0n) is 25.4. The van der Waals surface area contributed by atoms with Gasteiger partial charge in [0.05, 0.1) is 11.7 Å². The first-order valence-corrected chi connectivity index (χ1v) is 14.0. The van der Waals surface area contributed by atoms with Crippen LogP contribution in [0.25, 0.3) is 6.08 Å². The van der Waals surface area contributed by atoms with Crippen LogP contribution >= 0.6 is 0 Å². The van der Waals surface area contributed by atoms with Crippen molar-refractivity contribution in [1.29, 1.82) is 0 Å². The van der Waals surface area contributed by atoms with Crippen LogP contribution in [0.15, 0.2) is 54.1 Å². The van der Waals surface area contributed by atoms with Gasteiger partial charge < -0.3 is 20.3 Å². The fourth-order valence-corrected chi connectivity index (χ4v) is 5.05. The van der Waals surface area contributed by atoms with E-state index in [1.807, 2.05) is 57.6 Å². The van der Waals surface area contributed by atoms with Gasteiger partial charge in [0.2, 0.25) is 0 Å². The average molecular weight is 547 g/mol. The Kier molecular flexibility index (Phi) is 11.5. The second-order valence-corrected chi connectivity index (χ2v) is 10.8. The molecule has 1 aliphatic rings. The first-order chi connectivity index (χ1) is 19.1. The molecule has 0 aliphatic carbocycles. The van der Waals surface area contributed by atoms with Crippen molar-refractivity contribution in [2.24, 2.45) is 0 Å². The molecular formula is C32H46N6O2. The average Bonchev–Trinajstić information content (AvgIpc) is 2.94. The molecule has 8 heteroatoms. The second kappa shape index (κ2) is 14.8. The minimum Gasteiger partial charge on any atom is -0.388 e. The summed E-state index contributed by atoms with van der Waals surface area (Å²) < 4.78 is 5.33. The summed E-state index contributed by atoms with van der Waals surface area (Å²) in [6.07, 6.45) is 13.9. The molecule has 0 radical (unpaired) electrons. The maximum Gasteiger partial charge on any atom is 0.254 e. The second-order valence-electron chi connectivity index (χ2n) is 10.8. The van der Waals surface area contributed by atoms with Crippen LogP contribution < -0.4 is 10.6 Å². The number of amides is 1. The number of rotatable bonds is 11. The highest BCUT2D eigenvalue weighted by Crippen LogP contribution is 2.30. The number of pyridine rings is 2. The molecule has 0 spiro atoms. The minimum absolute atomic E-state index is 0.00581. The molecule has 2 aromatic rings. The van der Waals surface area contributed by atoms with E-state index in [1.54, 1.807) is 32.3 Å². The normalized spacial score (nSPS) is 16.3. The number of aryl methyl sites for hydroxylation is 2. The molecule has 0 bridgehead atoms. The van der Waals surface area contributed by atoms with E-state index >= 15 is 0 Å². The number of hydrogen-bond donors (Lipinski definition) is 2. The number of likely N-dealkylation sites (N-methyl/N-ethyl adjacent to an activating group) is 1. The molecule has 1 unspecified atom stereocenters. The maximum absolute atomic E-state index is 12.3. The monoisotopic (exact) mass is 546 g/mol. The lowest BCUT2D eigenvalue weighted by Gasteiger charge is -2.32. The van der Waals surface area contributed by atoms with Crippen LogP contribution in [-0.2, 0) is 4.74 Å². The van der Waals surface area contributed by atoms with Crippen molar-refractivity contribution in [3.63, 3.8) is 0 Å². The van der Waals surface area contributed by atoms with Crippen LogP contribution in [-0.4, -0.2) is 79.7 Å². The number of piperidine rings is 1. The summed E-state index contributed by atoms with van der Waals surface area (Å²) in [5, 5.41) is 6.62. The van der Waals surface area contributed by atoms with E-state index in [4.69, 9.17) is 9.72 Å². The number of likely N-dealkylation sites (tertiary alicyclic amines) is 1. The van der Waals surface area contributed by atoms with Crippen molar-refractivity contribution in [3.05, 3.63) is 82.2 Å². The standard InChI is InChI=1S/C32H46N6O2/c1-22(17-29-25(4)34-14-10-30(29)35-13-9-28(33-5)19-24(3)40-8)21-38-15-11-26(12-16-38)31-23(2)18-27(20-36-31)32(39)37(6)7/h9-10,13-14,17-20,24,26,33H,11-12,15-16,21H2,1-8H3,(H,34,35)/b13-9-,22-17+,28-19+. The fraction of sp³-hybridized carbons (Fsp3) is 0.469. The fourth-order valence-electron chi connectivity index (χ4n) is 5.05. The highest BCUT2D eigenvalue weighted by molar-refractivity contribution is 5.93. The summed E-state index contributed by atoms with van der Waals surface area (Å²) >= 11 is 0. The van der Waals surface area contributed by atoms with E-state index in [-0.39, 0.29) is 12.0 Å².